The summed E-state index contributed by atoms with van der Waals surface area (Å²) in [6, 6.07) is -0.690. The first-order valence-electron chi connectivity index (χ1n) is 6.46. The Morgan fingerprint density at radius 3 is 2.21 bits per heavy atom. The normalized spacial score (nSPS) is 16.6. The predicted molar refractivity (Wildman–Crippen MR) is 69.4 cm³/mol. The highest BCUT2D eigenvalue weighted by molar-refractivity contribution is 5.91. The minimum Gasteiger partial charge on any atom is -0.480 e. The van der Waals surface area contributed by atoms with Crippen LogP contribution >= 0.6 is 0 Å². The number of hydrogen-bond acceptors (Lipinski definition) is 3. The molecule has 0 bridgehead atoms. The minimum atomic E-state index is -1.03. The summed E-state index contributed by atoms with van der Waals surface area (Å²) >= 11 is 0. The van der Waals surface area contributed by atoms with E-state index in [0.717, 1.165) is 12.8 Å². The zero-order valence-electron chi connectivity index (χ0n) is 11.9. The van der Waals surface area contributed by atoms with Crippen LogP contribution < -0.4 is 5.32 Å². The van der Waals surface area contributed by atoms with Crippen molar-refractivity contribution in [1.82, 2.24) is 10.2 Å². The third-order valence-electron chi connectivity index (χ3n) is 2.98. The highest BCUT2D eigenvalue weighted by Crippen LogP contribution is 2.27. The topological polar surface area (TPSA) is 86.7 Å². The summed E-state index contributed by atoms with van der Waals surface area (Å²) in [6.07, 6.45) is 1.66. The van der Waals surface area contributed by atoms with E-state index in [4.69, 9.17) is 5.11 Å². The van der Waals surface area contributed by atoms with Gasteiger partial charge in [-0.2, -0.15) is 0 Å². The van der Waals surface area contributed by atoms with Gasteiger partial charge in [-0.1, -0.05) is 20.8 Å². The molecule has 2 amide bonds. The number of carbonyl (C=O) groups is 3. The maximum absolute atomic E-state index is 12.2. The number of nitrogens with zero attached hydrogens (tertiary/aromatic N) is 1. The van der Waals surface area contributed by atoms with Crippen LogP contribution in [0.4, 0.5) is 0 Å². The summed E-state index contributed by atoms with van der Waals surface area (Å²) < 4.78 is 0. The van der Waals surface area contributed by atoms with Gasteiger partial charge >= 0.3 is 5.97 Å². The van der Waals surface area contributed by atoms with Crippen molar-refractivity contribution in [2.24, 2.45) is 5.41 Å². The van der Waals surface area contributed by atoms with Crippen LogP contribution in [0, 0.1) is 5.41 Å². The Morgan fingerprint density at radius 2 is 1.84 bits per heavy atom. The van der Waals surface area contributed by atoms with Gasteiger partial charge in [-0.3, -0.25) is 14.4 Å². The van der Waals surface area contributed by atoms with Gasteiger partial charge in [0.15, 0.2) is 0 Å². The van der Waals surface area contributed by atoms with E-state index >= 15 is 0 Å². The lowest BCUT2D eigenvalue weighted by Gasteiger charge is -2.26. The van der Waals surface area contributed by atoms with Gasteiger partial charge in [-0.05, 0) is 19.8 Å². The van der Waals surface area contributed by atoms with Crippen LogP contribution in [0.2, 0.25) is 0 Å². The monoisotopic (exact) mass is 270 g/mol. The number of amides is 2. The van der Waals surface area contributed by atoms with E-state index in [1.54, 1.807) is 27.7 Å². The van der Waals surface area contributed by atoms with E-state index in [1.165, 1.54) is 4.90 Å². The molecule has 1 rings (SSSR count). The first-order chi connectivity index (χ1) is 8.62. The van der Waals surface area contributed by atoms with Gasteiger partial charge in [0.05, 0.1) is 0 Å². The van der Waals surface area contributed by atoms with Crippen LogP contribution in [0.15, 0.2) is 0 Å². The zero-order chi connectivity index (χ0) is 14.8. The number of aliphatic carboxylic acids is 1. The average Bonchev–Trinajstić information content (AvgIpc) is 3.06. The maximum atomic E-state index is 12.2. The number of carbonyl (C=O) groups excluding carboxylic acids is 2. The van der Waals surface area contributed by atoms with E-state index in [2.05, 4.69) is 5.32 Å². The van der Waals surface area contributed by atoms with Gasteiger partial charge in [0.1, 0.15) is 12.6 Å². The molecule has 1 fully saturated rings. The van der Waals surface area contributed by atoms with E-state index < -0.39 is 17.4 Å². The fourth-order valence-corrected chi connectivity index (χ4v) is 1.64. The van der Waals surface area contributed by atoms with Crippen molar-refractivity contribution < 1.29 is 19.5 Å². The molecule has 0 aromatic carbocycles. The third kappa shape index (κ3) is 4.54. The highest BCUT2D eigenvalue weighted by Gasteiger charge is 2.36. The smallest absolute Gasteiger partial charge is 0.323 e. The molecule has 0 aromatic heterocycles. The third-order valence-corrected chi connectivity index (χ3v) is 2.98. The summed E-state index contributed by atoms with van der Waals surface area (Å²) in [7, 11) is 0. The summed E-state index contributed by atoms with van der Waals surface area (Å²) in [6.45, 7) is 6.56. The molecular formula is C13H22N2O4. The zero-order valence-corrected chi connectivity index (χ0v) is 11.9. The Bertz CT molecular complexity index is 383. The fourth-order valence-electron chi connectivity index (χ4n) is 1.64. The molecule has 0 radical (unpaired) electrons. The molecule has 1 unspecified atom stereocenters. The molecule has 0 aliphatic heterocycles. The van der Waals surface area contributed by atoms with Crippen LogP contribution in [0.1, 0.15) is 40.5 Å². The first kappa shape index (κ1) is 15.5. The lowest BCUT2D eigenvalue weighted by molar-refractivity contribution is -0.146. The Morgan fingerprint density at radius 1 is 1.32 bits per heavy atom. The van der Waals surface area contributed by atoms with Crippen molar-refractivity contribution in [2.45, 2.75) is 52.6 Å². The van der Waals surface area contributed by atoms with Crippen molar-refractivity contribution in [3.8, 4) is 0 Å². The molecule has 2 N–H and O–H groups in total. The number of rotatable bonds is 5. The molecule has 0 heterocycles. The second-order valence-corrected chi connectivity index (χ2v) is 6.04. The van der Waals surface area contributed by atoms with Gasteiger partial charge < -0.3 is 15.3 Å². The van der Waals surface area contributed by atoms with Gasteiger partial charge in [0, 0.05) is 11.5 Å². The second-order valence-electron chi connectivity index (χ2n) is 6.04. The van der Waals surface area contributed by atoms with Gasteiger partial charge in [-0.25, -0.2) is 0 Å². The molecule has 1 atom stereocenters. The SMILES string of the molecule is CC(NC(=O)C(C)(C)C)C(=O)N(CC(=O)O)C1CC1. The second kappa shape index (κ2) is 5.59. The molecule has 0 aromatic rings. The summed E-state index contributed by atoms with van der Waals surface area (Å²) in [5.74, 6) is -1.59. The van der Waals surface area contributed by atoms with Crippen molar-refractivity contribution in [3.05, 3.63) is 0 Å². The first-order valence-corrected chi connectivity index (χ1v) is 6.46. The van der Waals surface area contributed by atoms with E-state index in [1.807, 2.05) is 0 Å². The molecule has 19 heavy (non-hydrogen) atoms. The minimum absolute atomic E-state index is 0.0117. The molecule has 108 valence electrons. The lowest BCUT2D eigenvalue weighted by Crippen LogP contribution is -2.51. The summed E-state index contributed by atoms with van der Waals surface area (Å²) in [5.41, 5.74) is -0.578. The average molecular weight is 270 g/mol. The fraction of sp³-hybridized carbons (Fsp3) is 0.769. The Labute approximate surface area is 113 Å². The van der Waals surface area contributed by atoms with Crippen LogP contribution in [0.5, 0.6) is 0 Å². The number of carboxylic acids is 1. The molecule has 6 heteroatoms. The predicted octanol–water partition coefficient (Wildman–Crippen LogP) is 0.613. The summed E-state index contributed by atoms with van der Waals surface area (Å²) in [5, 5.41) is 11.5. The van der Waals surface area contributed by atoms with E-state index in [9.17, 15) is 14.4 Å². The van der Waals surface area contributed by atoms with Crippen molar-refractivity contribution in [1.29, 1.82) is 0 Å². The Kier molecular flexibility index (Phi) is 4.55. The number of nitrogens with one attached hydrogen (secondary N) is 1. The quantitative estimate of drug-likeness (QED) is 0.766. The van der Waals surface area contributed by atoms with E-state index in [0.29, 0.717) is 0 Å². The Hall–Kier alpha value is -1.59. The van der Waals surface area contributed by atoms with Crippen LogP contribution in [0.3, 0.4) is 0 Å². The maximum Gasteiger partial charge on any atom is 0.323 e. The number of carboxylic acid groups (broad SMARTS) is 1. The van der Waals surface area contributed by atoms with Crippen molar-refractivity contribution in [2.75, 3.05) is 6.54 Å². The molecule has 1 saturated carbocycles. The van der Waals surface area contributed by atoms with E-state index in [-0.39, 0.29) is 24.4 Å². The molecule has 0 saturated heterocycles. The van der Waals surface area contributed by atoms with Gasteiger partial charge in [0.25, 0.3) is 0 Å². The van der Waals surface area contributed by atoms with Crippen LogP contribution in [0.25, 0.3) is 0 Å². The molecule has 1 aliphatic carbocycles. The van der Waals surface area contributed by atoms with Crippen LogP contribution in [-0.4, -0.2) is 46.4 Å². The largest absolute Gasteiger partial charge is 0.480 e. The molecule has 6 nitrogen and oxygen atoms in total. The molecule has 1 aliphatic rings. The Balaban J connectivity index is 2.63. The highest BCUT2D eigenvalue weighted by atomic mass is 16.4. The molecular weight excluding hydrogens is 248 g/mol. The summed E-state index contributed by atoms with van der Waals surface area (Å²) in [4.78, 5) is 36.1. The lowest BCUT2D eigenvalue weighted by atomic mass is 9.95. The van der Waals surface area contributed by atoms with Crippen molar-refractivity contribution in [3.63, 3.8) is 0 Å². The number of hydrogen-bond donors (Lipinski definition) is 2. The van der Waals surface area contributed by atoms with Gasteiger partial charge in [0.2, 0.25) is 11.8 Å². The molecule has 0 spiro atoms. The standard InChI is InChI=1S/C13H22N2O4/c1-8(14-12(19)13(2,3)4)11(18)15(7-10(16)17)9-5-6-9/h8-9H,5-7H2,1-4H3,(H,14,19)(H,16,17). The van der Waals surface area contributed by atoms with Crippen molar-refractivity contribution >= 4 is 17.8 Å². The van der Waals surface area contributed by atoms with Crippen LogP contribution in [-0.2, 0) is 14.4 Å². The van der Waals surface area contributed by atoms with Gasteiger partial charge in [-0.15, -0.1) is 0 Å².